The first kappa shape index (κ1) is 24.4. The molecule has 1 aromatic heterocycles. The van der Waals surface area contributed by atoms with Crippen LogP contribution in [-0.4, -0.2) is 47.0 Å². The van der Waals surface area contributed by atoms with Crippen LogP contribution in [0.5, 0.6) is 0 Å². The van der Waals surface area contributed by atoms with Crippen LogP contribution in [0.3, 0.4) is 0 Å². The lowest BCUT2D eigenvalue weighted by molar-refractivity contribution is -0.0436. The molecule has 1 N–H and O–H groups in total. The molecule has 0 radical (unpaired) electrons. The Labute approximate surface area is 205 Å². The van der Waals surface area contributed by atoms with Crippen LogP contribution in [0.4, 0.5) is 23.7 Å². The van der Waals surface area contributed by atoms with Gasteiger partial charge >= 0.3 is 11.5 Å². The first-order chi connectivity index (χ1) is 16.5. The second kappa shape index (κ2) is 9.16. The van der Waals surface area contributed by atoms with Gasteiger partial charge in [-0.15, -0.1) is 0 Å². The van der Waals surface area contributed by atoms with Gasteiger partial charge in [-0.25, -0.2) is 18.2 Å². The average Bonchev–Trinajstić information content (AvgIpc) is 3.46. The molecule has 1 unspecified atom stereocenters. The largest absolute Gasteiger partial charge is 0.501 e. The quantitative estimate of drug-likeness (QED) is 0.504. The van der Waals surface area contributed by atoms with E-state index in [2.05, 4.69) is 31.4 Å². The monoisotopic (exact) mass is 566 g/mol. The maximum absolute atomic E-state index is 12.8. The third-order valence-corrected chi connectivity index (χ3v) is 7.07. The Balaban J connectivity index is 1.57. The number of benzene rings is 2. The number of aromatic nitrogens is 2. The van der Waals surface area contributed by atoms with Gasteiger partial charge in [-0.3, -0.25) is 4.68 Å². The lowest BCUT2D eigenvalue weighted by Crippen LogP contribution is -2.31. The molecule has 4 rings (SSSR count). The van der Waals surface area contributed by atoms with Crippen LogP contribution in [0.25, 0.3) is 0 Å². The van der Waals surface area contributed by atoms with Crippen LogP contribution in [0.2, 0.25) is 0 Å². The fourth-order valence-electron chi connectivity index (χ4n) is 3.30. The summed E-state index contributed by atoms with van der Waals surface area (Å²) in [6.45, 7) is 0.0598. The zero-order chi connectivity index (χ0) is 25.4. The zero-order valence-electron chi connectivity index (χ0n) is 17.4. The highest BCUT2D eigenvalue weighted by molar-refractivity contribution is 9.10. The molecule has 1 aliphatic rings. The number of anilines is 1. The summed E-state index contributed by atoms with van der Waals surface area (Å²) in [5, 5.41) is 21.3. The molecule has 0 saturated heterocycles. The fourth-order valence-corrected chi connectivity index (χ4v) is 4.33. The predicted molar refractivity (Wildman–Crippen MR) is 122 cm³/mol. The number of urea groups is 1. The van der Waals surface area contributed by atoms with Crippen LogP contribution in [0.15, 0.2) is 75.4 Å². The first-order valence-corrected chi connectivity index (χ1v) is 12.1. The molecule has 14 heteroatoms. The van der Waals surface area contributed by atoms with Crippen molar-refractivity contribution in [3.63, 3.8) is 0 Å². The molecule has 0 spiro atoms. The van der Waals surface area contributed by atoms with Gasteiger partial charge in [0.25, 0.3) is 9.84 Å². The molecule has 2 aromatic carbocycles. The van der Waals surface area contributed by atoms with Crippen molar-refractivity contribution in [3.8, 4) is 6.07 Å². The number of carbonyl (C=O) groups is 1. The maximum Gasteiger partial charge on any atom is 0.501 e. The molecule has 0 bridgehead atoms. The highest BCUT2D eigenvalue weighted by Gasteiger charge is 2.46. The number of nitrogens with one attached hydrogen (secondary N) is 1. The molecule has 0 saturated carbocycles. The number of rotatable bonds is 4. The molecule has 0 aliphatic carbocycles. The highest BCUT2D eigenvalue weighted by Crippen LogP contribution is 2.31. The van der Waals surface area contributed by atoms with Crippen molar-refractivity contribution in [2.75, 3.05) is 11.9 Å². The lowest BCUT2D eigenvalue weighted by Gasteiger charge is -2.16. The van der Waals surface area contributed by atoms with E-state index in [-0.39, 0.29) is 12.2 Å². The number of carbonyl (C=O) groups excluding carboxylic acids is 1. The molecule has 2 amide bonds. The van der Waals surface area contributed by atoms with Crippen LogP contribution in [-0.2, 0) is 9.84 Å². The summed E-state index contributed by atoms with van der Waals surface area (Å²) in [6, 6.07) is 11.6. The smallest absolute Gasteiger partial charge is 0.306 e. The normalized spacial score (nSPS) is 16.0. The van der Waals surface area contributed by atoms with Gasteiger partial charge in [-0.1, -0.05) is 28.1 Å². The van der Waals surface area contributed by atoms with Crippen LogP contribution in [0.1, 0.15) is 17.2 Å². The summed E-state index contributed by atoms with van der Waals surface area (Å²) in [5.74, 6) is 0. The second-order valence-corrected chi connectivity index (χ2v) is 10.2. The van der Waals surface area contributed by atoms with Crippen molar-refractivity contribution in [2.45, 2.75) is 16.4 Å². The molecule has 2 heterocycles. The Bertz CT molecular complexity index is 1450. The van der Waals surface area contributed by atoms with E-state index in [9.17, 15) is 26.4 Å². The number of halogens is 4. The molecule has 3 aromatic rings. The summed E-state index contributed by atoms with van der Waals surface area (Å²) >= 11 is 3.36. The molecular formula is C21H14BrF3N6O3S. The van der Waals surface area contributed by atoms with Gasteiger partial charge in [0.1, 0.15) is 12.1 Å². The standard InChI is InChI=1S/C21H14BrF3N6O3S/c22-15-3-1-14(2-4-15)19-18(30-11-13(9-26)10-27-30)12-31(29-19)20(32)28-16-5-7-17(8-6-16)35(33,34)21(23,24)25/h1-8,10-11,18H,12H2,(H,28,32). The summed E-state index contributed by atoms with van der Waals surface area (Å²) < 4.78 is 63.6. The van der Waals surface area contributed by atoms with Crippen LogP contribution >= 0.6 is 15.9 Å². The zero-order valence-corrected chi connectivity index (χ0v) is 19.8. The summed E-state index contributed by atoms with van der Waals surface area (Å²) in [6.07, 6.45) is 2.92. The molecule has 1 aliphatic heterocycles. The number of sulfone groups is 1. The van der Waals surface area contributed by atoms with E-state index in [1.807, 2.05) is 6.07 Å². The third kappa shape index (κ3) is 4.91. The SMILES string of the molecule is N#Cc1cnn(C2CN(C(=O)Nc3ccc(S(=O)(=O)C(F)(F)F)cc3)N=C2c2ccc(Br)cc2)c1. The second-order valence-electron chi connectivity index (χ2n) is 7.31. The molecule has 0 fully saturated rings. The number of nitrogens with zero attached hydrogens (tertiary/aromatic N) is 5. The molecular weight excluding hydrogens is 553 g/mol. The molecule has 1 atom stereocenters. The fraction of sp³-hybridized carbons (Fsp3) is 0.143. The molecule has 35 heavy (non-hydrogen) atoms. The van der Waals surface area contributed by atoms with E-state index in [1.54, 1.807) is 24.3 Å². The first-order valence-electron chi connectivity index (χ1n) is 9.78. The predicted octanol–water partition coefficient (Wildman–Crippen LogP) is 4.30. The molecule has 180 valence electrons. The topological polar surface area (TPSA) is 120 Å². The van der Waals surface area contributed by atoms with E-state index in [0.29, 0.717) is 16.8 Å². The average molecular weight is 567 g/mol. The van der Waals surface area contributed by atoms with E-state index in [4.69, 9.17) is 5.26 Å². The number of hydrogen-bond donors (Lipinski definition) is 1. The van der Waals surface area contributed by atoms with Crippen molar-refractivity contribution in [2.24, 2.45) is 5.10 Å². The number of amides is 2. The Hall–Kier alpha value is -3.70. The van der Waals surface area contributed by atoms with Crippen molar-refractivity contribution in [3.05, 3.63) is 76.5 Å². The van der Waals surface area contributed by atoms with E-state index in [0.717, 1.165) is 33.7 Å². The third-order valence-electron chi connectivity index (χ3n) is 5.03. The van der Waals surface area contributed by atoms with Crippen molar-refractivity contribution >= 4 is 43.2 Å². The van der Waals surface area contributed by atoms with Crippen LogP contribution in [0, 0.1) is 11.3 Å². The molecule has 9 nitrogen and oxygen atoms in total. The number of alkyl halides is 3. The minimum atomic E-state index is -5.50. The minimum absolute atomic E-state index is 0.0598. The van der Waals surface area contributed by atoms with Gasteiger partial charge < -0.3 is 5.32 Å². The lowest BCUT2D eigenvalue weighted by atomic mass is 10.0. The van der Waals surface area contributed by atoms with Gasteiger partial charge in [-0.2, -0.15) is 28.6 Å². The Kier molecular flexibility index (Phi) is 6.39. The Morgan fingerprint density at radius 3 is 2.37 bits per heavy atom. The van der Waals surface area contributed by atoms with Crippen molar-refractivity contribution in [1.82, 2.24) is 14.8 Å². The van der Waals surface area contributed by atoms with Gasteiger partial charge in [0.05, 0.1) is 28.9 Å². The summed E-state index contributed by atoms with van der Waals surface area (Å²) in [7, 11) is -5.50. The van der Waals surface area contributed by atoms with E-state index in [1.165, 1.54) is 17.1 Å². The maximum atomic E-state index is 12.8. The van der Waals surface area contributed by atoms with Gasteiger partial charge in [-0.05, 0) is 36.4 Å². The van der Waals surface area contributed by atoms with Crippen molar-refractivity contribution in [1.29, 1.82) is 5.26 Å². The van der Waals surface area contributed by atoms with Crippen LogP contribution < -0.4 is 5.32 Å². The number of hydrogen-bond acceptors (Lipinski definition) is 6. The van der Waals surface area contributed by atoms with Gasteiger partial charge in [0.15, 0.2) is 0 Å². The van der Waals surface area contributed by atoms with E-state index >= 15 is 0 Å². The summed E-state index contributed by atoms with van der Waals surface area (Å²) in [5.41, 5.74) is -3.81. The minimum Gasteiger partial charge on any atom is -0.306 e. The summed E-state index contributed by atoms with van der Waals surface area (Å²) in [4.78, 5) is 11.9. The highest BCUT2D eigenvalue weighted by atomic mass is 79.9. The van der Waals surface area contributed by atoms with Gasteiger partial charge in [0, 0.05) is 21.9 Å². The van der Waals surface area contributed by atoms with Gasteiger partial charge in [0.2, 0.25) is 0 Å². The van der Waals surface area contributed by atoms with Crippen molar-refractivity contribution < 1.29 is 26.4 Å². The Morgan fingerprint density at radius 2 is 1.80 bits per heavy atom. The van der Waals surface area contributed by atoms with E-state index < -0.39 is 32.3 Å². The number of hydrazone groups is 1. The number of nitriles is 1. The Morgan fingerprint density at radius 1 is 1.14 bits per heavy atom.